The van der Waals surface area contributed by atoms with Gasteiger partial charge in [-0.1, -0.05) is 72.3 Å². The van der Waals surface area contributed by atoms with Crippen LogP contribution in [0.5, 0.6) is 0 Å². The van der Waals surface area contributed by atoms with Crippen molar-refractivity contribution in [3.63, 3.8) is 0 Å². The number of halogens is 2. The summed E-state index contributed by atoms with van der Waals surface area (Å²) in [5.41, 5.74) is 4.26. The molecule has 32 heavy (non-hydrogen) atoms. The highest BCUT2D eigenvalue weighted by Crippen LogP contribution is 2.26. The van der Waals surface area contributed by atoms with Crippen molar-refractivity contribution in [2.24, 2.45) is 0 Å². The molecule has 4 rings (SSSR count). The summed E-state index contributed by atoms with van der Waals surface area (Å²) >= 11 is 11.4. The predicted octanol–water partition coefficient (Wildman–Crippen LogP) is 6.26. The van der Waals surface area contributed by atoms with E-state index in [0.29, 0.717) is 18.1 Å². The lowest BCUT2D eigenvalue weighted by Gasteiger charge is -2.20. The van der Waals surface area contributed by atoms with Crippen LogP contribution in [0.15, 0.2) is 72.9 Å². The van der Waals surface area contributed by atoms with Gasteiger partial charge in [-0.05, 0) is 59.7 Å². The van der Waals surface area contributed by atoms with Gasteiger partial charge in [0, 0.05) is 12.7 Å². The molecule has 1 fully saturated rings. The quantitative estimate of drug-likeness (QED) is 0.333. The molecule has 0 bridgehead atoms. The van der Waals surface area contributed by atoms with Gasteiger partial charge in [0.1, 0.15) is 17.8 Å². The molecular formula is C25H24Cl2N2O3. The van der Waals surface area contributed by atoms with Gasteiger partial charge in [0.05, 0.1) is 0 Å². The monoisotopic (exact) mass is 470 g/mol. The molecule has 0 aliphatic carbocycles. The van der Waals surface area contributed by atoms with Crippen LogP contribution in [0.3, 0.4) is 0 Å². The highest BCUT2D eigenvalue weighted by molar-refractivity contribution is 6.64. The number of carbonyl (C=O) groups excluding carboxylic acids is 2. The van der Waals surface area contributed by atoms with E-state index in [4.69, 9.17) is 27.9 Å². The van der Waals surface area contributed by atoms with Gasteiger partial charge in [-0.2, -0.15) is 0 Å². The molecule has 166 valence electrons. The van der Waals surface area contributed by atoms with E-state index in [2.05, 4.69) is 17.1 Å². The van der Waals surface area contributed by atoms with Crippen LogP contribution in [0.1, 0.15) is 24.0 Å². The average Bonchev–Trinajstić information content (AvgIpc) is 3.32. The molecular weight excluding hydrogens is 447 g/mol. The zero-order valence-electron chi connectivity index (χ0n) is 17.7. The molecule has 1 aliphatic heterocycles. The molecule has 1 aromatic heterocycles. The number of rotatable bonds is 4. The summed E-state index contributed by atoms with van der Waals surface area (Å²) in [5, 5.41) is 0.0792. The van der Waals surface area contributed by atoms with Crippen molar-refractivity contribution in [1.29, 1.82) is 0 Å². The second kappa shape index (κ2) is 11.7. The van der Waals surface area contributed by atoms with E-state index in [1.807, 2.05) is 61.5 Å². The SMILES string of the molecule is Cc1c(-c2ccccc2)ccnc1Cl.O=C(Cl)[C@@H]1CCCN1C(=O)OCc1ccccc1. The summed E-state index contributed by atoms with van der Waals surface area (Å²) in [6.45, 7) is 2.72. The van der Waals surface area contributed by atoms with Gasteiger partial charge < -0.3 is 4.74 Å². The second-order valence-corrected chi connectivity index (χ2v) is 8.07. The van der Waals surface area contributed by atoms with Crippen molar-refractivity contribution >= 4 is 34.5 Å². The van der Waals surface area contributed by atoms with E-state index in [1.54, 1.807) is 6.20 Å². The van der Waals surface area contributed by atoms with E-state index in [1.165, 1.54) is 10.5 Å². The second-order valence-electron chi connectivity index (χ2n) is 7.34. The minimum Gasteiger partial charge on any atom is -0.445 e. The lowest BCUT2D eigenvalue weighted by Crippen LogP contribution is -2.39. The molecule has 5 nitrogen and oxygen atoms in total. The summed E-state index contributed by atoms with van der Waals surface area (Å²) in [4.78, 5) is 28.4. The third kappa shape index (κ3) is 6.31. The van der Waals surface area contributed by atoms with Crippen LogP contribution in [0.2, 0.25) is 5.15 Å². The lowest BCUT2D eigenvalue weighted by atomic mass is 10.0. The van der Waals surface area contributed by atoms with Crippen molar-refractivity contribution in [2.45, 2.75) is 32.4 Å². The van der Waals surface area contributed by atoms with Crippen LogP contribution in [0, 0.1) is 6.92 Å². The number of aromatic nitrogens is 1. The van der Waals surface area contributed by atoms with Crippen LogP contribution >= 0.6 is 23.2 Å². The Kier molecular flexibility index (Phi) is 8.65. The standard InChI is InChI=1S/C13H14ClNO3.C12H10ClN/c14-12(16)11-7-4-8-15(11)13(17)18-9-10-5-2-1-3-6-10;1-9-11(7-8-14-12(9)13)10-5-3-2-4-6-10/h1-3,5-6,11H,4,7-9H2;2-8H,1H3/t11-;/m0./s1. The highest BCUT2D eigenvalue weighted by atomic mass is 35.5. The third-order valence-electron chi connectivity index (χ3n) is 5.18. The van der Waals surface area contributed by atoms with Gasteiger partial charge in [0.2, 0.25) is 5.24 Å². The molecule has 3 aromatic rings. The van der Waals surface area contributed by atoms with Gasteiger partial charge in [-0.25, -0.2) is 9.78 Å². The molecule has 1 saturated heterocycles. The zero-order chi connectivity index (χ0) is 22.9. The van der Waals surface area contributed by atoms with Crippen molar-refractivity contribution in [1.82, 2.24) is 9.88 Å². The fraction of sp³-hybridized carbons (Fsp3) is 0.240. The van der Waals surface area contributed by atoms with Crippen LogP contribution < -0.4 is 0 Å². The van der Waals surface area contributed by atoms with Crippen molar-refractivity contribution in [3.05, 3.63) is 89.2 Å². The number of hydrogen-bond donors (Lipinski definition) is 0. The molecule has 0 N–H and O–H groups in total. The normalized spacial score (nSPS) is 15.0. The summed E-state index contributed by atoms with van der Waals surface area (Å²) in [6, 6.07) is 21.0. The topological polar surface area (TPSA) is 59.5 Å². The lowest BCUT2D eigenvalue weighted by molar-refractivity contribution is -0.115. The number of benzene rings is 2. The van der Waals surface area contributed by atoms with Gasteiger partial charge in [0.15, 0.2) is 0 Å². The maximum atomic E-state index is 11.8. The Hall–Kier alpha value is -2.89. The summed E-state index contributed by atoms with van der Waals surface area (Å²) < 4.78 is 5.17. The number of nitrogens with zero attached hydrogens (tertiary/aromatic N) is 2. The molecule has 0 spiro atoms. The minimum atomic E-state index is -0.532. The zero-order valence-corrected chi connectivity index (χ0v) is 19.2. The van der Waals surface area contributed by atoms with Crippen LogP contribution in [0.25, 0.3) is 11.1 Å². The van der Waals surface area contributed by atoms with E-state index >= 15 is 0 Å². The van der Waals surface area contributed by atoms with Crippen molar-refractivity contribution in [2.75, 3.05) is 6.54 Å². The van der Waals surface area contributed by atoms with Crippen molar-refractivity contribution < 1.29 is 14.3 Å². The van der Waals surface area contributed by atoms with Crippen LogP contribution in [0.4, 0.5) is 4.79 Å². The first-order chi connectivity index (χ1) is 15.5. The number of carbonyl (C=O) groups is 2. The fourth-order valence-electron chi connectivity index (χ4n) is 3.46. The number of likely N-dealkylation sites (tertiary alicyclic amines) is 1. The Balaban J connectivity index is 0.000000186. The number of pyridine rings is 1. The average molecular weight is 471 g/mol. The maximum absolute atomic E-state index is 11.8. The first-order valence-corrected chi connectivity index (χ1v) is 11.1. The van der Waals surface area contributed by atoms with Gasteiger partial charge >= 0.3 is 6.09 Å². The Morgan fingerprint density at radius 2 is 1.72 bits per heavy atom. The Morgan fingerprint density at radius 1 is 1.06 bits per heavy atom. The highest BCUT2D eigenvalue weighted by Gasteiger charge is 2.34. The molecule has 7 heteroatoms. The van der Waals surface area contributed by atoms with E-state index in [9.17, 15) is 9.59 Å². The van der Waals surface area contributed by atoms with Gasteiger partial charge in [0.25, 0.3) is 0 Å². The third-order valence-corrected chi connectivity index (χ3v) is 5.81. The summed E-state index contributed by atoms with van der Waals surface area (Å²) in [5.74, 6) is 0. The summed E-state index contributed by atoms with van der Waals surface area (Å²) in [6.07, 6.45) is 2.65. The number of amides is 1. The number of hydrogen-bond acceptors (Lipinski definition) is 4. The first kappa shape index (κ1) is 23.8. The Morgan fingerprint density at radius 3 is 2.38 bits per heavy atom. The van der Waals surface area contributed by atoms with Crippen LogP contribution in [-0.2, 0) is 16.1 Å². The maximum Gasteiger partial charge on any atom is 0.410 e. The van der Waals surface area contributed by atoms with E-state index < -0.39 is 17.4 Å². The van der Waals surface area contributed by atoms with Crippen molar-refractivity contribution in [3.8, 4) is 11.1 Å². The Labute approximate surface area is 197 Å². The largest absolute Gasteiger partial charge is 0.445 e. The van der Waals surface area contributed by atoms with Crippen LogP contribution in [-0.4, -0.2) is 33.8 Å². The molecule has 2 heterocycles. The minimum absolute atomic E-state index is 0.208. The van der Waals surface area contributed by atoms with Gasteiger partial charge in [-0.3, -0.25) is 9.69 Å². The molecule has 1 aliphatic rings. The fourth-order valence-corrected chi connectivity index (χ4v) is 3.85. The smallest absolute Gasteiger partial charge is 0.410 e. The molecule has 0 unspecified atom stereocenters. The first-order valence-electron chi connectivity index (χ1n) is 10.3. The van der Waals surface area contributed by atoms with E-state index in [0.717, 1.165) is 23.1 Å². The van der Waals surface area contributed by atoms with Gasteiger partial charge in [-0.15, -0.1) is 0 Å². The molecule has 0 radical (unpaired) electrons. The molecule has 0 saturated carbocycles. The molecule has 1 amide bonds. The molecule has 2 aromatic carbocycles. The Bertz CT molecular complexity index is 1050. The number of ether oxygens (including phenoxy) is 1. The molecule has 1 atom stereocenters. The van der Waals surface area contributed by atoms with E-state index in [-0.39, 0.29) is 6.61 Å². The summed E-state index contributed by atoms with van der Waals surface area (Å²) in [7, 11) is 0. The predicted molar refractivity (Wildman–Crippen MR) is 127 cm³/mol.